The summed E-state index contributed by atoms with van der Waals surface area (Å²) in [6.45, 7) is 3.33. The van der Waals surface area contributed by atoms with Gasteiger partial charge in [0.1, 0.15) is 5.75 Å². The zero-order valence-electron chi connectivity index (χ0n) is 11.6. The molecule has 114 valence electrons. The molecule has 7 heteroatoms. The molecule has 21 heavy (non-hydrogen) atoms. The zero-order chi connectivity index (χ0) is 16.0. The standard InChI is InChI=1S/C14H14F3NO3/c1-3-11-10(8-18)6-5-9(7-12(19)20-4-2)13(11)21-14(15,16)17/h5-6H,3-4,7H2,1-2H3. The number of halogens is 3. The Kier molecular flexibility index (Phi) is 5.59. The maximum absolute atomic E-state index is 12.5. The number of carbonyl (C=O) groups excluding carboxylic acids is 1. The number of nitriles is 1. The molecule has 0 bridgehead atoms. The number of esters is 1. The van der Waals surface area contributed by atoms with E-state index in [2.05, 4.69) is 4.74 Å². The predicted molar refractivity (Wildman–Crippen MR) is 67.6 cm³/mol. The van der Waals surface area contributed by atoms with E-state index in [1.54, 1.807) is 13.8 Å². The van der Waals surface area contributed by atoms with E-state index in [9.17, 15) is 18.0 Å². The minimum Gasteiger partial charge on any atom is -0.466 e. The van der Waals surface area contributed by atoms with E-state index in [1.807, 2.05) is 6.07 Å². The first kappa shape index (κ1) is 16.8. The molecule has 0 aliphatic heterocycles. The van der Waals surface area contributed by atoms with E-state index in [-0.39, 0.29) is 36.1 Å². The smallest absolute Gasteiger partial charge is 0.466 e. The van der Waals surface area contributed by atoms with E-state index in [4.69, 9.17) is 10.00 Å². The van der Waals surface area contributed by atoms with Crippen LogP contribution in [0.3, 0.4) is 0 Å². The average Bonchev–Trinajstić information content (AvgIpc) is 2.39. The Morgan fingerprint density at radius 1 is 1.33 bits per heavy atom. The summed E-state index contributed by atoms with van der Waals surface area (Å²) in [6.07, 6.45) is -5.08. The highest BCUT2D eigenvalue weighted by atomic mass is 19.4. The summed E-state index contributed by atoms with van der Waals surface area (Å²) in [4.78, 5) is 11.5. The maximum Gasteiger partial charge on any atom is 0.573 e. The molecule has 0 unspecified atom stereocenters. The summed E-state index contributed by atoms with van der Waals surface area (Å²) in [5.41, 5.74) is 0.252. The third-order valence-corrected chi connectivity index (χ3v) is 2.67. The van der Waals surface area contributed by atoms with E-state index >= 15 is 0 Å². The van der Waals surface area contributed by atoms with Crippen LogP contribution in [0.2, 0.25) is 0 Å². The van der Waals surface area contributed by atoms with Crippen molar-refractivity contribution in [3.8, 4) is 11.8 Å². The summed E-state index contributed by atoms with van der Waals surface area (Å²) in [7, 11) is 0. The lowest BCUT2D eigenvalue weighted by Gasteiger charge is -2.17. The molecule has 0 saturated carbocycles. The van der Waals surface area contributed by atoms with E-state index in [0.717, 1.165) is 0 Å². The fourth-order valence-corrected chi connectivity index (χ4v) is 1.88. The van der Waals surface area contributed by atoms with Gasteiger partial charge in [0, 0.05) is 11.1 Å². The van der Waals surface area contributed by atoms with Gasteiger partial charge < -0.3 is 9.47 Å². The highest BCUT2D eigenvalue weighted by Gasteiger charge is 2.34. The maximum atomic E-state index is 12.5. The molecule has 0 aromatic heterocycles. The number of benzene rings is 1. The Hall–Kier alpha value is -2.23. The molecule has 0 heterocycles. The molecule has 1 aromatic carbocycles. The van der Waals surface area contributed by atoms with Gasteiger partial charge in [0.05, 0.1) is 24.7 Å². The van der Waals surface area contributed by atoms with Crippen molar-refractivity contribution in [3.63, 3.8) is 0 Å². The molecule has 1 aromatic rings. The molecule has 0 aliphatic carbocycles. The quantitative estimate of drug-likeness (QED) is 0.784. The molecule has 0 atom stereocenters. The molecule has 1 rings (SSSR count). The second kappa shape index (κ2) is 6.97. The fourth-order valence-electron chi connectivity index (χ4n) is 1.88. The monoisotopic (exact) mass is 301 g/mol. The number of alkyl halides is 3. The van der Waals surface area contributed by atoms with Crippen molar-refractivity contribution in [2.45, 2.75) is 33.1 Å². The SMILES string of the molecule is CCOC(=O)Cc1ccc(C#N)c(CC)c1OC(F)(F)F. The van der Waals surface area contributed by atoms with Gasteiger partial charge in [-0.1, -0.05) is 13.0 Å². The van der Waals surface area contributed by atoms with Crippen LogP contribution in [0.5, 0.6) is 5.75 Å². The van der Waals surface area contributed by atoms with Crippen molar-refractivity contribution in [1.29, 1.82) is 5.26 Å². The largest absolute Gasteiger partial charge is 0.573 e. The molecule has 0 amide bonds. The van der Waals surface area contributed by atoms with E-state index < -0.39 is 18.1 Å². The van der Waals surface area contributed by atoms with Crippen molar-refractivity contribution in [1.82, 2.24) is 0 Å². The molecule has 0 saturated heterocycles. The van der Waals surface area contributed by atoms with Gasteiger partial charge in [-0.25, -0.2) is 0 Å². The third-order valence-electron chi connectivity index (χ3n) is 2.67. The minimum atomic E-state index is -4.90. The molecule has 0 radical (unpaired) electrons. The summed E-state index contributed by atoms with van der Waals surface area (Å²) in [5.74, 6) is -1.15. The van der Waals surface area contributed by atoms with Gasteiger partial charge in [0.15, 0.2) is 0 Å². The highest BCUT2D eigenvalue weighted by molar-refractivity contribution is 5.74. The first-order valence-electron chi connectivity index (χ1n) is 6.28. The molecule has 0 spiro atoms. The lowest BCUT2D eigenvalue weighted by Crippen LogP contribution is -2.20. The number of hydrogen-bond acceptors (Lipinski definition) is 4. The van der Waals surface area contributed by atoms with Crippen LogP contribution < -0.4 is 4.74 Å². The highest BCUT2D eigenvalue weighted by Crippen LogP contribution is 2.33. The van der Waals surface area contributed by atoms with Crippen LogP contribution in [0, 0.1) is 11.3 Å². The number of hydrogen-bond donors (Lipinski definition) is 0. The summed E-state index contributed by atoms with van der Waals surface area (Å²) in [5, 5.41) is 8.95. The van der Waals surface area contributed by atoms with E-state index in [0.29, 0.717) is 0 Å². The first-order chi connectivity index (χ1) is 9.82. The first-order valence-corrected chi connectivity index (χ1v) is 6.28. The third kappa shape index (κ3) is 4.67. The normalized spacial score (nSPS) is 10.9. The zero-order valence-corrected chi connectivity index (χ0v) is 11.6. The van der Waals surface area contributed by atoms with Gasteiger partial charge in [-0.05, 0) is 19.4 Å². The van der Waals surface area contributed by atoms with Crippen LogP contribution in [0.15, 0.2) is 12.1 Å². The van der Waals surface area contributed by atoms with Crippen molar-refractivity contribution in [3.05, 3.63) is 28.8 Å². The molecule has 0 aliphatic rings. The fraction of sp³-hybridized carbons (Fsp3) is 0.429. The average molecular weight is 301 g/mol. The Labute approximate surface area is 120 Å². The van der Waals surface area contributed by atoms with E-state index in [1.165, 1.54) is 12.1 Å². The van der Waals surface area contributed by atoms with Crippen molar-refractivity contribution < 1.29 is 27.4 Å². The van der Waals surface area contributed by atoms with Gasteiger partial charge >= 0.3 is 12.3 Å². The Balaban J connectivity index is 3.29. The summed E-state index contributed by atoms with van der Waals surface area (Å²) < 4.78 is 46.4. The molecular formula is C14H14F3NO3. The second-order valence-corrected chi connectivity index (χ2v) is 4.07. The van der Waals surface area contributed by atoms with Gasteiger partial charge in [0.25, 0.3) is 0 Å². The van der Waals surface area contributed by atoms with Crippen molar-refractivity contribution in [2.24, 2.45) is 0 Å². The minimum absolute atomic E-state index is 0.0432. The Morgan fingerprint density at radius 2 is 2.00 bits per heavy atom. The van der Waals surface area contributed by atoms with Crippen LogP contribution in [-0.4, -0.2) is 18.9 Å². The van der Waals surface area contributed by atoms with Crippen molar-refractivity contribution in [2.75, 3.05) is 6.61 Å². The number of carbonyl (C=O) groups is 1. The predicted octanol–water partition coefficient (Wildman–Crippen LogP) is 3.12. The van der Waals surface area contributed by atoms with Gasteiger partial charge in [-0.15, -0.1) is 13.2 Å². The van der Waals surface area contributed by atoms with Crippen LogP contribution in [0.4, 0.5) is 13.2 Å². The number of ether oxygens (including phenoxy) is 2. The summed E-state index contributed by atoms with van der Waals surface area (Å²) >= 11 is 0. The van der Waals surface area contributed by atoms with Crippen LogP contribution in [0.1, 0.15) is 30.5 Å². The number of rotatable bonds is 5. The van der Waals surface area contributed by atoms with Crippen LogP contribution in [-0.2, 0) is 22.4 Å². The van der Waals surface area contributed by atoms with Gasteiger partial charge in [-0.3, -0.25) is 4.79 Å². The second-order valence-electron chi connectivity index (χ2n) is 4.07. The topological polar surface area (TPSA) is 59.3 Å². The molecule has 4 nitrogen and oxygen atoms in total. The summed E-state index contributed by atoms with van der Waals surface area (Å²) in [6, 6.07) is 4.46. The Morgan fingerprint density at radius 3 is 2.48 bits per heavy atom. The van der Waals surface area contributed by atoms with Crippen molar-refractivity contribution >= 4 is 5.97 Å². The molecular weight excluding hydrogens is 287 g/mol. The van der Waals surface area contributed by atoms with Gasteiger partial charge in [-0.2, -0.15) is 5.26 Å². The Bertz CT molecular complexity index is 562. The molecule has 0 N–H and O–H groups in total. The van der Waals surface area contributed by atoms with Crippen LogP contribution in [0.25, 0.3) is 0 Å². The van der Waals surface area contributed by atoms with Crippen LogP contribution >= 0.6 is 0 Å². The lowest BCUT2D eigenvalue weighted by molar-refractivity contribution is -0.275. The van der Waals surface area contributed by atoms with Gasteiger partial charge in [0.2, 0.25) is 0 Å². The molecule has 0 fully saturated rings. The lowest BCUT2D eigenvalue weighted by atomic mass is 9.99. The number of nitrogens with zero attached hydrogens (tertiary/aromatic N) is 1.